The Balaban J connectivity index is 2.41. The number of alkyl halides is 6. The van der Waals surface area contributed by atoms with Crippen molar-refractivity contribution in [3.05, 3.63) is 75.2 Å². The van der Waals surface area contributed by atoms with Gasteiger partial charge < -0.3 is 10.0 Å². The van der Waals surface area contributed by atoms with Gasteiger partial charge in [-0.05, 0) is 49.5 Å². The van der Waals surface area contributed by atoms with Crippen molar-refractivity contribution in [2.24, 2.45) is 0 Å². The van der Waals surface area contributed by atoms with Crippen LogP contribution in [-0.2, 0) is 30.0 Å². The van der Waals surface area contributed by atoms with E-state index in [4.69, 9.17) is 5.11 Å². The molecular formula is C24H22F6N2O3. The second-order valence-corrected chi connectivity index (χ2v) is 8.29. The zero-order chi connectivity index (χ0) is 26.1. The lowest BCUT2D eigenvalue weighted by molar-refractivity contribution is -0.148. The number of nitrogens with zero attached hydrogens (tertiary/aromatic N) is 2. The Kier molecular flexibility index (Phi) is 7.30. The molecule has 188 valence electrons. The van der Waals surface area contributed by atoms with Crippen molar-refractivity contribution < 1.29 is 36.2 Å². The lowest BCUT2D eigenvalue weighted by Gasteiger charge is -2.24. The zero-order valence-corrected chi connectivity index (χ0v) is 18.8. The van der Waals surface area contributed by atoms with Crippen molar-refractivity contribution in [3.63, 3.8) is 0 Å². The first-order valence-electron chi connectivity index (χ1n) is 10.5. The molecule has 0 aliphatic heterocycles. The molecule has 0 atom stereocenters. The van der Waals surface area contributed by atoms with E-state index in [0.29, 0.717) is 10.9 Å². The average Bonchev–Trinajstić information content (AvgIpc) is 2.74. The van der Waals surface area contributed by atoms with E-state index in [9.17, 15) is 35.9 Å². The second-order valence-electron chi connectivity index (χ2n) is 8.29. The fourth-order valence-electron chi connectivity index (χ4n) is 4.04. The van der Waals surface area contributed by atoms with Crippen molar-refractivity contribution >= 4 is 16.7 Å². The molecule has 1 N–H and O–H groups in total. The molecule has 0 aliphatic rings. The molecule has 2 aromatic carbocycles. The molecule has 0 bridgehead atoms. The van der Waals surface area contributed by atoms with Crippen LogP contribution < -0.4 is 5.56 Å². The lowest BCUT2D eigenvalue weighted by atomic mass is 9.97. The van der Waals surface area contributed by atoms with Crippen LogP contribution in [0.3, 0.4) is 0 Å². The largest absolute Gasteiger partial charge is 0.481 e. The SMILES string of the molecule is CN(C)CCc1c(C(F)(F)F)cc(=O)n(-c2cccc3c(CCC(=O)O)cccc23)c1C(F)(F)F. The number of carbonyl (C=O) groups is 1. The van der Waals surface area contributed by atoms with Gasteiger partial charge in [-0.3, -0.25) is 14.2 Å². The molecule has 1 aromatic heterocycles. The number of aliphatic carboxylic acids is 1. The van der Waals surface area contributed by atoms with Crippen molar-refractivity contribution in [3.8, 4) is 5.69 Å². The fraction of sp³-hybridized carbons (Fsp3) is 0.333. The van der Waals surface area contributed by atoms with Crippen molar-refractivity contribution in [2.75, 3.05) is 20.6 Å². The fourth-order valence-corrected chi connectivity index (χ4v) is 4.04. The molecule has 3 aromatic rings. The number of carboxylic acid groups (broad SMARTS) is 1. The standard InChI is InChI=1S/C24H22F6N2O3/c1-31(2)12-11-17-18(23(25,26)27)13-20(33)32(22(17)24(28,29)30)19-8-4-6-15-14(9-10-21(34)35)5-3-7-16(15)19/h3-8,13H,9-12H2,1-2H3,(H,34,35). The minimum absolute atomic E-state index is 0.0816. The van der Waals surface area contributed by atoms with Crippen molar-refractivity contribution in [1.29, 1.82) is 0 Å². The molecule has 0 spiro atoms. The van der Waals surface area contributed by atoms with Crippen LogP contribution in [0, 0.1) is 0 Å². The topological polar surface area (TPSA) is 62.5 Å². The summed E-state index contributed by atoms with van der Waals surface area (Å²) in [7, 11) is 3.03. The third kappa shape index (κ3) is 5.67. The maximum atomic E-state index is 14.4. The Labute approximate surface area is 196 Å². The highest BCUT2D eigenvalue weighted by atomic mass is 19.4. The van der Waals surface area contributed by atoms with E-state index in [1.54, 1.807) is 12.1 Å². The number of carboxylic acids is 1. The Morgan fingerprint density at radius 3 is 2.14 bits per heavy atom. The van der Waals surface area contributed by atoms with E-state index in [1.165, 1.54) is 43.3 Å². The Hall–Kier alpha value is -3.34. The quantitative estimate of drug-likeness (QED) is 0.456. The van der Waals surface area contributed by atoms with E-state index in [-0.39, 0.29) is 41.1 Å². The normalized spacial score (nSPS) is 12.5. The Bertz CT molecular complexity index is 1310. The molecule has 11 heteroatoms. The molecule has 0 radical (unpaired) electrons. The summed E-state index contributed by atoms with van der Waals surface area (Å²) >= 11 is 0. The van der Waals surface area contributed by atoms with E-state index < -0.39 is 47.1 Å². The number of fused-ring (bicyclic) bond motifs is 1. The summed E-state index contributed by atoms with van der Waals surface area (Å²) in [6, 6.07) is 8.92. The first-order valence-corrected chi connectivity index (χ1v) is 10.5. The van der Waals surface area contributed by atoms with Crippen LogP contribution in [0.5, 0.6) is 0 Å². The number of likely N-dealkylation sites (N-methyl/N-ethyl adjacent to an activating group) is 1. The van der Waals surface area contributed by atoms with Crippen LogP contribution in [0.15, 0.2) is 47.3 Å². The summed E-state index contributed by atoms with van der Waals surface area (Å²) in [6.07, 6.45) is -11.2. The van der Waals surface area contributed by atoms with Gasteiger partial charge >= 0.3 is 18.3 Å². The smallest absolute Gasteiger partial charge is 0.432 e. The first kappa shape index (κ1) is 26.3. The summed E-state index contributed by atoms with van der Waals surface area (Å²) in [5.41, 5.74) is -5.50. The number of halogens is 6. The first-order chi connectivity index (χ1) is 16.2. The van der Waals surface area contributed by atoms with Gasteiger partial charge in [-0.25, -0.2) is 0 Å². The third-order valence-electron chi connectivity index (χ3n) is 5.54. The number of hydrogen-bond donors (Lipinski definition) is 1. The minimum Gasteiger partial charge on any atom is -0.481 e. The molecule has 3 rings (SSSR count). The highest BCUT2D eigenvalue weighted by Crippen LogP contribution is 2.40. The van der Waals surface area contributed by atoms with Crippen molar-refractivity contribution in [2.45, 2.75) is 31.6 Å². The van der Waals surface area contributed by atoms with E-state index in [0.717, 1.165) is 0 Å². The molecule has 0 unspecified atom stereocenters. The Morgan fingerprint density at radius 2 is 1.57 bits per heavy atom. The molecular weight excluding hydrogens is 478 g/mol. The van der Waals surface area contributed by atoms with Gasteiger partial charge in [0.05, 0.1) is 11.3 Å². The maximum absolute atomic E-state index is 14.4. The average molecular weight is 500 g/mol. The molecule has 5 nitrogen and oxygen atoms in total. The molecule has 0 fully saturated rings. The van der Waals surface area contributed by atoms with E-state index >= 15 is 0 Å². The second kappa shape index (κ2) is 9.73. The summed E-state index contributed by atoms with van der Waals surface area (Å²) in [5, 5.41) is 9.57. The molecule has 0 amide bonds. The van der Waals surface area contributed by atoms with Gasteiger partial charge in [0.2, 0.25) is 0 Å². The highest BCUT2D eigenvalue weighted by Gasteiger charge is 2.44. The number of aromatic nitrogens is 1. The van der Waals surface area contributed by atoms with Gasteiger partial charge in [-0.1, -0.05) is 30.3 Å². The number of pyridine rings is 1. The van der Waals surface area contributed by atoms with Crippen molar-refractivity contribution in [1.82, 2.24) is 9.47 Å². The minimum atomic E-state index is -5.27. The van der Waals surface area contributed by atoms with E-state index in [2.05, 4.69) is 0 Å². The summed E-state index contributed by atoms with van der Waals surface area (Å²) in [4.78, 5) is 25.3. The van der Waals surface area contributed by atoms with Gasteiger partial charge in [-0.2, -0.15) is 26.3 Å². The number of aryl methyl sites for hydroxylation is 1. The molecule has 35 heavy (non-hydrogen) atoms. The van der Waals surface area contributed by atoms with Crippen LogP contribution in [-0.4, -0.2) is 41.2 Å². The van der Waals surface area contributed by atoms with Crippen LogP contribution in [0.25, 0.3) is 16.5 Å². The van der Waals surface area contributed by atoms with Crippen LogP contribution in [0.1, 0.15) is 28.8 Å². The van der Waals surface area contributed by atoms with Crippen LogP contribution in [0.4, 0.5) is 26.3 Å². The van der Waals surface area contributed by atoms with Gasteiger partial charge in [0.1, 0.15) is 5.69 Å². The molecule has 1 heterocycles. The van der Waals surface area contributed by atoms with E-state index in [1.807, 2.05) is 0 Å². The van der Waals surface area contributed by atoms with Gasteiger partial charge in [0, 0.05) is 24.4 Å². The lowest BCUT2D eigenvalue weighted by Crippen LogP contribution is -2.32. The number of hydrogen-bond acceptors (Lipinski definition) is 3. The summed E-state index contributed by atoms with van der Waals surface area (Å²) in [6.45, 7) is -0.112. The predicted octanol–water partition coefficient (Wildman–Crippen LogP) is 5.15. The zero-order valence-electron chi connectivity index (χ0n) is 18.8. The monoisotopic (exact) mass is 500 g/mol. The number of benzene rings is 2. The predicted molar refractivity (Wildman–Crippen MR) is 118 cm³/mol. The molecule has 0 saturated carbocycles. The summed E-state index contributed by atoms with van der Waals surface area (Å²) in [5.74, 6) is -1.07. The Morgan fingerprint density at radius 1 is 0.943 bits per heavy atom. The van der Waals surface area contributed by atoms with Crippen LogP contribution >= 0.6 is 0 Å². The maximum Gasteiger partial charge on any atom is 0.432 e. The number of rotatable bonds is 7. The highest BCUT2D eigenvalue weighted by molar-refractivity contribution is 5.93. The van der Waals surface area contributed by atoms with Gasteiger partial charge in [-0.15, -0.1) is 0 Å². The molecule has 0 aliphatic carbocycles. The third-order valence-corrected chi connectivity index (χ3v) is 5.54. The van der Waals surface area contributed by atoms with Crippen LogP contribution in [0.2, 0.25) is 0 Å². The van der Waals surface area contributed by atoms with Gasteiger partial charge in [0.25, 0.3) is 5.56 Å². The molecule has 0 saturated heterocycles. The van der Waals surface area contributed by atoms with Gasteiger partial charge in [0.15, 0.2) is 0 Å². The summed E-state index contributed by atoms with van der Waals surface area (Å²) < 4.78 is 84.5.